The largest absolute Gasteiger partial charge is 0.399 e. The standard InChI is InChI=1S/C15H13BrFN3/c16-15-13-9-12(18)6-7-20(13)14(19-15)5-4-10-2-1-3-11(17)8-10/h1-3,6-9H,4-5,18H2. The number of nitrogen functional groups attached to an aromatic ring is 1. The molecule has 5 heteroatoms. The van der Waals surface area contributed by atoms with Gasteiger partial charge in [-0.15, -0.1) is 0 Å². The second-order valence-corrected chi connectivity index (χ2v) is 5.42. The first-order chi connectivity index (χ1) is 9.63. The number of hydrogen-bond acceptors (Lipinski definition) is 2. The summed E-state index contributed by atoms with van der Waals surface area (Å²) in [6.07, 6.45) is 3.39. The van der Waals surface area contributed by atoms with Gasteiger partial charge in [0.05, 0.1) is 5.52 Å². The summed E-state index contributed by atoms with van der Waals surface area (Å²) in [6.45, 7) is 0. The summed E-state index contributed by atoms with van der Waals surface area (Å²) in [5, 5.41) is 0. The molecule has 3 rings (SSSR count). The highest BCUT2D eigenvalue weighted by atomic mass is 79.9. The van der Waals surface area contributed by atoms with E-state index in [-0.39, 0.29) is 5.82 Å². The van der Waals surface area contributed by atoms with Crippen LogP contribution in [0.4, 0.5) is 10.1 Å². The van der Waals surface area contributed by atoms with Crippen LogP contribution in [0.3, 0.4) is 0 Å². The third-order valence-electron chi connectivity index (χ3n) is 3.22. The van der Waals surface area contributed by atoms with E-state index in [4.69, 9.17) is 5.73 Å². The highest BCUT2D eigenvalue weighted by Gasteiger charge is 2.09. The second kappa shape index (κ2) is 5.25. The number of nitrogens with zero attached hydrogens (tertiary/aromatic N) is 2. The van der Waals surface area contributed by atoms with Crippen LogP contribution in [0.25, 0.3) is 5.52 Å². The van der Waals surface area contributed by atoms with Crippen LogP contribution in [0.1, 0.15) is 11.4 Å². The predicted molar refractivity (Wildman–Crippen MR) is 81.1 cm³/mol. The van der Waals surface area contributed by atoms with Crippen molar-refractivity contribution < 1.29 is 4.39 Å². The molecule has 1 aromatic carbocycles. The number of hydrogen-bond donors (Lipinski definition) is 1. The zero-order chi connectivity index (χ0) is 14.1. The number of aryl methyl sites for hydroxylation is 2. The quantitative estimate of drug-likeness (QED) is 0.795. The zero-order valence-electron chi connectivity index (χ0n) is 10.7. The molecule has 3 nitrogen and oxygen atoms in total. The lowest BCUT2D eigenvalue weighted by Gasteiger charge is -2.03. The van der Waals surface area contributed by atoms with Gasteiger partial charge < -0.3 is 10.1 Å². The van der Waals surface area contributed by atoms with E-state index in [0.717, 1.165) is 34.3 Å². The van der Waals surface area contributed by atoms with Gasteiger partial charge in [-0.05, 0) is 52.2 Å². The van der Waals surface area contributed by atoms with Gasteiger partial charge in [0.1, 0.15) is 16.2 Å². The van der Waals surface area contributed by atoms with Gasteiger partial charge in [-0.25, -0.2) is 9.37 Å². The van der Waals surface area contributed by atoms with Crippen LogP contribution < -0.4 is 5.73 Å². The van der Waals surface area contributed by atoms with Crippen LogP contribution in [-0.2, 0) is 12.8 Å². The topological polar surface area (TPSA) is 43.3 Å². The van der Waals surface area contributed by atoms with E-state index in [1.807, 2.05) is 28.8 Å². The van der Waals surface area contributed by atoms with E-state index >= 15 is 0 Å². The first-order valence-electron chi connectivity index (χ1n) is 6.30. The molecule has 0 saturated carbocycles. The van der Waals surface area contributed by atoms with Crippen LogP contribution >= 0.6 is 15.9 Å². The molecule has 3 aromatic rings. The number of imidazole rings is 1. The summed E-state index contributed by atoms with van der Waals surface area (Å²) in [5.41, 5.74) is 8.39. The SMILES string of the molecule is Nc1ccn2c(CCc3cccc(F)c3)nc(Br)c2c1. The molecule has 20 heavy (non-hydrogen) atoms. The minimum absolute atomic E-state index is 0.204. The lowest BCUT2D eigenvalue weighted by atomic mass is 10.1. The summed E-state index contributed by atoms with van der Waals surface area (Å²) in [6, 6.07) is 10.4. The first-order valence-corrected chi connectivity index (χ1v) is 7.09. The Kier molecular flexibility index (Phi) is 3.44. The Labute approximate surface area is 124 Å². The number of nitrogens with two attached hydrogens (primary N) is 1. The van der Waals surface area contributed by atoms with E-state index < -0.39 is 0 Å². The fourth-order valence-corrected chi connectivity index (χ4v) is 2.76. The number of halogens is 2. The monoisotopic (exact) mass is 333 g/mol. The molecule has 0 saturated heterocycles. The minimum atomic E-state index is -0.204. The molecule has 0 aliphatic heterocycles. The maximum Gasteiger partial charge on any atom is 0.132 e. The molecule has 0 atom stereocenters. The van der Waals surface area contributed by atoms with E-state index in [9.17, 15) is 4.39 Å². The Morgan fingerprint density at radius 3 is 2.85 bits per heavy atom. The normalized spacial score (nSPS) is 11.1. The number of pyridine rings is 1. The third-order valence-corrected chi connectivity index (χ3v) is 3.81. The minimum Gasteiger partial charge on any atom is -0.399 e. The highest BCUT2D eigenvalue weighted by Crippen LogP contribution is 2.22. The van der Waals surface area contributed by atoms with Crippen LogP contribution in [0.5, 0.6) is 0 Å². The maximum absolute atomic E-state index is 13.2. The Morgan fingerprint density at radius 2 is 2.05 bits per heavy atom. The van der Waals surface area contributed by atoms with E-state index in [1.165, 1.54) is 6.07 Å². The highest BCUT2D eigenvalue weighted by molar-refractivity contribution is 9.10. The molecule has 2 N–H and O–H groups in total. The molecule has 0 aliphatic carbocycles. The van der Waals surface area contributed by atoms with Crippen molar-refractivity contribution in [3.05, 3.63) is 64.4 Å². The lowest BCUT2D eigenvalue weighted by Crippen LogP contribution is -1.98. The summed E-state index contributed by atoms with van der Waals surface area (Å²) >= 11 is 3.44. The van der Waals surface area contributed by atoms with Crippen molar-refractivity contribution in [2.45, 2.75) is 12.8 Å². The Hall–Kier alpha value is -1.88. The zero-order valence-corrected chi connectivity index (χ0v) is 12.3. The van der Waals surface area contributed by atoms with E-state index in [0.29, 0.717) is 5.69 Å². The van der Waals surface area contributed by atoms with Crippen LogP contribution in [0.15, 0.2) is 47.2 Å². The number of anilines is 1. The number of aromatic nitrogens is 2. The molecular formula is C15H13BrFN3. The summed E-state index contributed by atoms with van der Waals surface area (Å²) < 4.78 is 15.9. The maximum atomic E-state index is 13.2. The Morgan fingerprint density at radius 1 is 1.20 bits per heavy atom. The molecule has 0 aliphatic rings. The van der Waals surface area contributed by atoms with Crippen molar-refractivity contribution in [1.82, 2.24) is 9.38 Å². The first kappa shape index (κ1) is 13.1. The second-order valence-electron chi connectivity index (χ2n) is 4.66. The van der Waals surface area contributed by atoms with Crippen molar-refractivity contribution in [3.8, 4) is 0 Å². The molecule has 0 spiro atoms. The molecule has 0 radical (unpaired) electrons. The molecule has 2 heterocycles. The van der Waals surface area contributed by atoms with Gasteiger partial charge in [-0.3, -0.25) is 0 Å². The molecular weight excluding hydrogens is 321 g/mol. The van der Waals surface area contributed by atoms with Crippen molar-refractivity contribution in [2.75, 3.05) is 5.73 Å². The molecule has 102 valence electrons. The Bertz CT molecular complexity index is 767. The molecule has 0 fully saturated rings. The van der Waals surface area contributed by atoms with E-state index in [1.54, 1.807) is 12.1 Å². The summed E-state index contributed by atoms with van der Waals surface area (Å²) in [7, 11) is 0. The van der Waals surface area contributed by atoms with Gasteiger partial charge in [0.2, 0.25) is 0 Å². The van der Waals surface area contributed by atoms with Gasteiger partial charge in [0.25, 0.3) is 0 Å². The van der Waals surface area contributed by atoms with Crippen LogP contribution in [0.2, 0.25) is 0 Å². The number of rotatable bonds is 3. The van der Waals surface area contributed by atoms with Crippen LogP contribution in [-0.4, -0.2) is 9.38 Å². The third kappa shape index (κ3) is 2.54. The van der Waals surface area contributed by atoms with Gasteiger partial charge in [0, 0.05) is 18.3 Å². The van der Waals surface area contributed by atoms with Gasteiger partial charge in [0.15, 0.2) is 0 Å². The average Bonchev–Trinajstić information content (AvgIpc) is 2.73. The van der Waals surface area contributed by atoms with E-state index in [2.05, 4.69) is 20.9 Å². The lowest BCUT2D eigenvalue weighted by molar-refractivity contribution is 0.625. The van der Waals surface area contributed by atoms with Crippen molar-refractivity contribution in [2.24, 2.45) is 0 Å². The van der Waals surface area contributed by atoms with Gasteiger partial charge in [-0.1, -0.05) is 12.1 Å². The molecule has 2 aromatic heterocycles. The van der Waals surface area contributed by atoms with Gasteiger partial charge >= 0.3 is 0 Å². The van der Waals surface area contributed by atoms with Crippen molar-refractivity contribution >= 4 is 27.1 Å². The Balaban J connectivity index is 1.88. The number of benzene rings is 1. The van der Waals surface area contributed by atoms with Crippen molar-refractivity contribution in [3.63, 3.8) is 0 Å². The summed E-state index contributed by atoms with van der Waals surface area (Å²) in [5.74, 6) is 0.723. The van der Waals surface area contributed by atoms with Gasteiger partial charge in [-0.2, -0.15) is 0 Å². The number of fused-ring (bicyclic) bond motifs is 1. The fourth-order valence-electron chi connectivity index (χ4n) is 2.25. The smallest absolute Gasteiger partial charge is 0.132 e. The molecule has 0 unspecified atom stereocenters. The fraction of sp³-hybridized carbons (Fsp3) is 0.133. The van der Waals surface area contributed by atoms with Crippen molar-refractivity contribution in [1.29, 1.82) is 0 Å². The average molecular weight is 334 g/mol. The molecule has 0 amide bonds. The van der Waals surface area contributed by atoms with Crippen LogP contribution in [0, 0.1) is 5.82 Å². The predicted octanol–water partition coefficient (Wildman–Crippen LogP) is 3.60. The molecule has 0 bridgehead atoms. The summed E-state index contributed by atoms with van der Waals surface area (Å²) in [4.78, 5) is 4.50.